The van der Waals surface area contributed by atoms with Crippen LogP contribution >= 0.6 is 11.6 Å². The molecule has 0 bridgehead atoms. The smallest absolute Gasteiger partial charge is 0.276 e. The van der Waals surface area contributed by atoms with Crippen LogP contribution in [0.15, 0.2) is 47.5 Å². The number of aromatic nitrogens is 3. The van der Waals surface area contributed by atoms with E-state index in [1.807, 2.05) is 31.2 Å². The lowest BCUT2D eigenvalue weighted by atomic mass is 10.3. The molecule has 0 saturated heterocycles. The van der Waals surface area contributed by atoms with Crippen molar-refractivity contribution in [3.8, 4) is 0 Å². The molecule has 0 saturated carbocycles. The van der Waals surface area contributed by atoms with Gasteiger partial charge in [-0.15, -0.1) is 0 Å². The summed E-state index contributed by atoms with van der Waals surface area (Å²) in [6.45, 7) is 3.05. The molecule has 108 valence electrons. The Morgan fingerprint density at radius 1 is 1.29 bits per heavy atom. The highest BCUT2D eigenvalue weighted by atomic mass is 35.5. The number of hydrogen-bond donors (Lipinski definition) is 1. The third-order valence-electron chi connectivity index (χ3n) is 3.27. The van der Waals surface area contributed by atoms with E-state index >= 15 is 0 Å². The molecular weight excluding hydrogens is 288 g/mol. The molecule has 5 nitrogen and oxygen atoms in total. The summed E-state index contributed by atoms with van der Waals surface area (Å²) in [5, 5.41) is 8.13. The summed E-state index contributed by atoms with van der Waals surface area (Å²) in [7, 11) is 0. The van der Waals surface area contributed by atoms with Gasteiger partial charge in [0.2, 0.25) is 0 Å². The van der Waals surface area contributed by atoms with Crippen LogP contribution in [-0.2, 0) is 6.54 Å². The highest BCUT2D eigenvalue weighted by Gasteiger charge is 2.05. The van der Waals surface area contributed by atoms with Crippen LogP contribution in [0.1, 0.15) is 5.69 Å². The predicted molar refractivity (Wildman–Crippen MR) is 84.1 cm³/mol. The van der Waals surface area contributed by atoms with E-state index in [1.165, 1.54) is 0 Å². The summed E-state index contributed by atoms with van der Waals surface area (Å²) in [4.78, 5) is 12.3. The van der Waals surface area contributed by atoms with Gasteiger partial charge in [0.15, 0.2) is 0 Å². The van der Waals surface area contributed by atoms with Gasteiger partial charge in [-0.1, -0.05) is 23.7 Å². The van der Waals surface area contributed by atoms with Crippen LogP contribution in [0.25, 0.3) is 5.52 Å². The van der Waals surface area contributed by atoms with E-state index in [2.05, 4.69) is 10.4 Å². The number of nitrogens with zero attached hydrogens (tertiary/aromatic N) is 3. The van der Waals surface area contributed by atoms with Crippen molar-refractivity contribution < 1.29 is 0 Å². The lowest BCUT2D eigenvalue weighted by molar-refractivity contribution is 0.688. The molecule has 0 fully saturated rings. The van der Waals surface area contributed by atoms with E-state index < -0.39 is 0 Å². The molecule has 6 heteroatoms. The second-order valence-electron chi connectivity index (χ2n) is 4.82. The van der Waals surface area contributed by atoms with Crippen molar-refractivity contribution >= 4 is 22.8 Å². The Bertz CT molecular complexity index is 837. The van der Waals surface area contributed by atoms with E-state index in [9.17, 15) is 4.79 Å². The van der Waals surface area contributed by atoms with Gasteiger partial charge in [0.25, 0.3) is 5.56 Å². The molecule has 3 aromatic rings. The van der Waals surface area contributed by atoms with Crippen molar-refractivity contribution in [2.75, 3.05) is 11.9 Å². The molecule has 0 aliphatic carbocycles. The molecular formula is C15H15ClN4O. The number of para-hydroxylation sites is 1. The molecule has 3 rings (SSSR count). The minimum atomic E-state index is -0.0425. The first-order chi connectivity index (χ1) is 10.1. The van der Waals surface area contributed by atoms with Gasteiger partial charge in [0.1, 0.15) is 5.52 Å². The van der Waals surface area contributed by atoms with E-state index in [1.54, 1.807) is 27.5 Å². The second-order valence-corrected chi connectivity index (χ2v) is 5.23. The average Bonchev–Trinajstić information content (AvgIpc) is 2.85. The Morgan fingerprint density at radius 3 is 2.90 bits per heavy atom. The molecule has 0 aliphatic rings. The topological polar surface area (TPSA) is 51.3 Å². The Kier molecular flexibility index (Phi) is 3.66. The van der Waals surface area contributed by atoms with Gasteiger partial charge in [-0.05, 0) is 25.1 Å². The number of aryl methyl sites for hydroxylation is 1. The molecule has 2 heterocycles. The van der Waals surface area contributed by atoms with Gasteiger partial charge in [-0.25, -0.2) is 4.52 Å². The summed E-state index contributed by atoms with van der Waals surface area (Å²) in [5.74, 6) is 0. The zero-order chi connectivity index (χ0) is 14.8. The van der Waals surface area contributed by atoms with Crippen molar-refractivity contribution in [2.24, 2.45) is 0 Å². The van der Waals surface area contributed by atoms with E-state index in [0.29, 0.717) is 23.6 Å². The maximum atomic E-state index is 12.3. The fourth-order valence-electron chi connectivity index (χ4n) is 2.24. The highest BCUT2D eigenvalue weighted by Crippen LogP contribution is 2.19. The SMILES string of the molecule is Cc1cc2c(=O)n(CCNc3ccccc3Cl)ccn2n1. The number of halogens is 1. The number of fused-ring (bicyclic) bond motifs is 1. The molecule has 2 aromatic heterocycles. The second kappa shape index (κ2) is 5.61. The number of nitrogens with one attached hydrogen (secondary N) is 1. The molecule has 0 spiro atoms. The van der Waals surface area contributed by atoms with Gasteiger partial charge in [0.05, 0.1) is 16.4 Å². The number of hydrogen-bond acceptors (Lipinski definition) is 3. The molecule has 0 unspecified atom stereocenters. The highest BCUT2D eigenvalue weighted by molar-refractivity contribution is 6.33. The Balaban J connectivity index is 1.75. The quantitative estimate of drug-likeness (QED) is 0.806. The van der Waals surface area contributed by atoms with Crippen molar-refractivity contribution in [3.63, 3.8) is 0 Å². The largest absolute Gasteiger partial charge is 0.382 e. The van der Waals surface area contributed by atoms with E-state index in [0.717, 1.165) is 11.4 Å². The average molecular weight is 303 g/mol. The van der Waals surface area contributed by atoms with E-state index in [4.69, 9.17) is 11.6 Å². The number of benzene rings is 1. The van der Waals surface area contributed by atoms with Crippen LogP contribution in [0.4, 0.5) is 5.69 Å². The third-order valence-corrected chi connectivity index (χ3v) is 3.60. The van der Waals surface area contributed by atoms with Crippen LogP contribution in [0.5, 0.6) is 0 Å². The normalized spacial score (nSPS) is 11.0. The maximum absolute atomic E-state index is 12.3. The Morgan fingerprint density at radius 2 is 2.10 bits per heavy atom. The monoisotopic (exact) mass is 302 g/mol. The van der Waals surface area contributed by atoms with Crippen LogP contribution in [0.3, 0.4) is 0 Å². The summed E-state index contributed by atoms with van der Waals surface area (Å²) in [5.41, 5.74) is 2.25. The van der Waals surface area contributed by atoms with E-state index in [-0.39, 0.29) is 5.56 Å². The predicted octanol–water partition coefficient (Wildman–Crippen LogP) is 2.57. The molecule has 0 amide bonds. The van der Waals surface area contributed by atoms with Gasteiger partial charge in [0, 0.05) is 25.5 Å². The van der Waals surface area contributed by atoms with Crippen LogP contribution in [-0.4, -0.2) is 20.7 Å². The van der Waals surface area contributed by atoms with Crippen LogP contribution in [0, 0.1) is 6.92 Å². The van der Waals surface area contributed by atoms with Crippen molar-refractivity contribution in [1.82, 2.24) is 14.2 Å². The Labute approximate surface area is 126 Å². The molecule has 0 radical (unpaired) electrons. The zero-order valence-corrected chi connectivity index (χ0v) is 12.3. The van der Waals surface area contributed by atoms with Gasteiger partial charge < -0.3 is 9.88 Å². The van der Waals surface area contributed by atoms with Gasteiger partial charge in [-0.2, -0.15) is 5.10 Å². The lowest BCUT2D eigenvalue weighted by Crippen LogP contribution is -2.24. The maximum Gasteiger partial charge on any atom is 0.276 e. The molecule has 0 aliphatic heterocycles. The first-order valence-corrected chi connectivity index (χ1v) is 7.07. The minimum absolute atomic E-state index is 0.0425. The molecule has 0 atom stereocenters. The molecule has 1 N–H and O–H groups in total. The van der Waals surface area contributed by atoms with Crippen molar-refractivity contribution in [2.45, 2.75) is 13.5 Å². The summed E-state index contributed by atoms with van der Waals surface area (Å²) < 4.78 is 3.27. The summed E-state index contributed by atoms with van der Waals surface area (Å²) in [6, 6.07) is 9.33. The number of rotatable bonds is 4. The number of anilines is 1. The summed E-state index contributed by atoms with van der Waals surface area (Å²) in [6.07, 6.45) is 3.54. The van der Waals surface area contributed by atoms with Gasteiger partial charge in [-0.3, -0.25) is 4.79 Å². The Hall–Kier alpha value is -2.27. The minimum Gasteiger partial charge on any atom is -0.382 e. The fraction of sp³-hybridized carbons (Fsp3) is 0.200. The molecule has 21 heavy (non-hydrogen) atoms. The summed E-state index contributed by atoms with van der Waals surface area (Å²) >= 11 is 6.08. The first kappa shape index (κ1) is 13.7. The molecule has 1 aromatic carbocycles. The fourth-order valence-corrected chi connectivity index (χ4v) is 2.44. The van der Waals surface area contributed by atoms with Gasteiger partial charge >= 0.3 is 0 Å². The standard InChI is InChI=1S/C15H15ClN4O/c1-11-10-14-15(21)19(8-9-20(14)18-11)7-6-17-13-5-3-2-4-12(13)16/h2-5,8-10,17H,6-7H2,1H3. The van der Waals surface area contributed by atoms with Crippen LogP contribution in [0.2, 0.25) is 5.02 Å². The first-order valence-electron chi connectivity index (χ1n) is 6.69. The van der Waals surface area contributed by atoms with Crippen molar-refractivity contribution in [1.29, 1.82) is 0 Å². The zero-order valence-electron chi connectivity index (χ0n) is 11.6. The van der Waals surface area contributed by atoms with Crippen LogP contribution < -0.4 is 10.9 Å². The lowest BCUT2D eigenvalue weighted by Gasteiger charge is -2.09. The van der Waals surface area contributed by atoms with Crippen molar-refractivity contribution in [3.05, 3.63) is 63.8 Å². The third kappa shape index (κ3) is 2.78.